The van der Waals surface area contributed by atoms with Crippen LogP contribution in [0, 0.1) is 18.7 Å². The van der Waals surface area contributed by atoms with E-state index in [0.29, 0.717) is 40.9 Å². The minimum absolute atomic E-state index is 0.161. The minimum atomic E-state index is -0.904. The number of hydrogen-bond acceptors (Lipinski definition) is 5. The standard InChI is InChI=1S/C19H16FN3O4/c1-10-16-14(18(24)23-7-6-12(9-23)19(25)26)8-15(21-17(16)27-22-10)11-2-4-13(20)5-3-11/h2-5,8,12H,6-7,9H2,1H3,(H,25,26). The monoisotopic (exact) mass is 369 g/mol. The molecule has 138 valence electrons. The van der Waals surface area contributed by atoms with Gasteiger partial charge in [0.05, 0.1) is 28.3 Å². The van der Waals surface area contributed by atoms with Crippen molar-refractivity contribution in [3.8, 4) is 11.3 Å². The van der Waals surface area contributed by atoms with E-state index in [1.807, 2.05) is 0 Å². The molecule has 0 saturated carbocycles. The maximum atomic E-state index is 13.2. The number of carboxylic acids is 1. The molecule has 3 heterocycles. The Morgan fingerprint density at radius 2 is 2.04 bits per heavy atom. The van der Waals surface area contributed by atoms with Gasteiger partial charge in [-0.2, -0.15) is 0 Å². The van der Waals surface area contributed by atoms with Crippen LogP contribution in [-0.2, 0) is 4.79 Å². The number of amides is 1. The van der Waals surface area contributed by atoms with Gasteiger partial charge in [0.2, 0.25) is 0 Å². The van der Waals surface area contributed by atoms with E-state index in [4.69, 9.17) is 4.52 Å². The van der Waals surface area contributed by atoms with Crippen LogP contribution in [0.1, 0.15) is 22.5 Å². The Balaban J connectivity index is 1.79. The second kappa shape index (κ2) is 6.46. The molecule has 1 fully saturated rings. The predicted molar refractivity (Wildman–Crippen MR) is 93.6 cm³/mol. The largest absolute Gasteiger partial charge is 0.481 e. The maximum absolute atomic E-state index is 13.2. The van der Waals surface area contributed by atoms with E-state index in [9.17, 15) is 19.1 Å². The number of carboxylic acid groups (broad SMARTS) is 1. The molecule has 1 amide bonds. The van der Waals surface area contributed by atoms with Gasteiger partial charge in [-0.1, -0.05) is 5.16 Å². The number of fused-ring (bicyclic) bond motifs is 1. The van der Waals surface area contributed by atoms with Crippen molar-refractivity contribution in [3.05, 3.63) is 47.4 Å². The van der Waals surface area contributed by atoms with E-state index in [1.165, 1.54) is 17.0 Å². The zero-order valence-electron chi connectivity index (χ0n) is 14.5. The number of aromatic nitrogens is 2. The summed E-state index contributed by atoms with van der Waals surface area (Å²) in [6, 6.07) is 7.38. The lowest BCUT2D eigenvalue weighted by Gasteiger charge is -2.17. The number of benzene rings is 1. The molecule has 3 aromatic rings. The van der Waals surface area contributed by atoms with Crippen molar-refractivity contribution >= 4 is 23.0 Å². The lowest BCUT2D eigenvalue weighted by atomic mass is 10.0. The highest BCUT2D eigenvalue weighted by atomic mass is 19.1. The molecule has 1 aliphatic heterocycles. The van der Waals surface area contributed by atoms with E-state index >= 15 is 0 Å². The molecular weight excluding hydrogens is 353 g/mol. The number of carbonyl (C=O) groups excluding carboxylic acids is 1. The number of halogens is 1. The second-order valence-electron chi connectivity index (χ2n) is 6.59. The van der Waals surface area contributed by atoms with Gasteiger partial charge >= 0.3 is 5.97 Å². The van der Waals surface area contributed by atoms with Gasteiger partial charge in [-0.15, -0.1) is 0 Å². The first-order chi connectivity index (χ1) is 12.9. The summed E-state index contributed by atoms with van der Waals surface area (Å²) in [5, 5.41) is 13.6. The number of rotatable bonds is 3. The van der Waals surface area contributed by atoms with Crippen LogP contribution in [0.2, 0.25) is 0 Å². The Morgan fingerprint density at radius 3 is 2.70 bits per heavy atom. The topological polar surface area (TPSA) is 96.5 Å². The molecule has 1 atom stereocenters. The van der Waals surface area contributed by atoms with E-state index < -0.39 is 11.9 Å². The van der Waals surface area contributed by atoms with Gasteiger partial charge in [-0.05, 0) is 43.7 Å². The van der Waals surface area contributed by atoms with E-state index in [-0.39, 0.29) is 24.0 Å². The maximum Gasteiger partial charge on any atom is 0.308 e. The Labute approximate surface area is 153 Å². The molecule has 0 spiro atoms. The molecule has 4 rings (SSSR count). The van der Waals surface area contributed by atoms with Crippen LogP contribution >= 0.6 is 0 Å². The van der Waals surface area contributed by atoms with E-state index in [0.717, 1.165) is 0 Å². The van der Waals surface area contributed by atoms with E-state index in [1.54, 1.807) is 25.1 Å². The second-order valence-corrected chi connectivity index (χ2v) is 6.59. The number of nitrogens with zero attached hydrogens (tertiary/aromatic N) is 3. The first kappa shape index (κ1) is 17.1. The highest BCUT2D eigenvalue weighted by molar-refractivity contribution is 6.07. The van der Waals surface area contributed by atoms with Crippen LogP contribution in [-0.4, -0.2) is 45.1 Å². The number of aliphatic carboxylic acids is 1. The molecule has 2 aromatic heterocycles. The van der Waals surface area contributed by atoms with Crippen LogP contribution in [0.25, 0.3) is 22.4 Å². The average molecular weight is 369 g/mol. The number of pyridine rings is 1. The Hall–Kier alpha value is -3.29. The summed E-state index contributed by atoms with van der Waals surface area (Å²) in [4.78, 5) is 30.2. The molecule has 8 heteroatoms. The van der Waals surface area contributed by atoms with Gasteiger partial charge in [-0.25, -0.2) is 9.37 Å². The summed E-state index contributed by atoms with van der Waals surface area (Å²) in [6.45, 7) is 2.25. The Bertz CT molecular complexity index is 1050. The molecule has 27 heavy (non-hydrogen) atoms. The first-order valence-corrected chi connectivity index (χ1v) is 8.49. The van der Waals surface area contributed by atoms with Gasteiger partial charge in [0.25, 0.3) is 11.6 Å². The van der Waals surface area contributed by atoms with Crippen molar-refractivity contribution < 1.29 is 23.6 Å². The van der Waals surface area contributed by atoms with Gasteiger partial charge in [0, 0.05) is 18.7 Å². The molecule has 0 radical (unpaired) electrons. The summed E-state index contributed by atoms with van der Waals surface area (Å²) in [5.74, 6) is -2.13. The van der Waals surface area contributed by atoms with Crippen molar-refractivity contribution in [3.63, 3.8) is 0 Å². The SMILES string of the molecule is Cc1noc2nc(-c3ccc(F)cc3)cc(C(=O)N3CCC(C(=O)O)C3)c12. The summed E-state index contributed by atoms with van der Waals surface area (Å²) in [6.07, 6.45) is 0.419. The summed E-state index contributed by atoms with van der Waals surface area (Å²) in [7, 11) is 0. The molecule has 0 aliphatic carbocycles. The molecule has 1 aliphatic rings. The van der Waals surface area contributed by atoms with Crippen molar-refractivity contribution in [2.24, 2.45) is 5.92 Å². The fourth-order valence-corrected chi connectivity index (χ4v) is 3.35. The van der Waals surface area contributed by atoms with Gasteiger partial charge in [0.1, 0.15) is 5.82 Å². The van der Waals surface area contributed by atoms with Crippen LogP contribution in [0.5, 0.6) is 0 Å². The average Bonchev–Trinajstić information content (AvgIpc) is 3.29. The highest BCUT2D eigenvalue weighted by Crippen LogP contribution is 2.29. The van der Waals surface area contributed by atoms with Crippen molar-refractivity contribution in [1.82, 2.24) is 15.0 Å². The molecule has 7 nitrogen and oxygen atoms in total. The van der Waals surface area contributed by atoms with Crippen LogP contribution in [0.3, 0.4) is 0 Å². The summed E-state index contributed by atoms with van der Waals surface area (Å²) < 4.78 is 18.5. The Kier molecular flexibility index (Phi) is 4.10. The van der Waals surface area contributed by atoms with Gasteiger partial charge in [0.15, 0.2) is 0 Å². The smallest absolute Gasteiger partial charge is 0.308 e. The third kappa shape index (κ3) is 3.03. The molecule has 1 saturated heterocycles. The zero-order chi connectivity index (χ0) is 19.1. The number of likely N-dealkylation sites (tertiary alicyclic amines) is 1. The first-order valence-electron chi connectivity index (χ1n) is 8.49. The lowest BCUT2D eigenvalue weighted by molar-refractivity contribution is -0.141. The molecule has 1 aromatic carbocycles. The molecular formula is C19H16FN3O4. The van der Waals surface area contributed by atoms with Crippen molar-refractivity contribution in [2.75, 3.05) is 13.1 Å². The third-order valence-electron chi connectivity index (χ3n) is 4.81. The number of carbonyl (C=O) groups is 2. The van der Waals surface area contributed by atoms with E-state index in [2.05, 4.69) is 10.1 Å². The summed E-state index contributed by atoms with van der Waals surface area (Å²) >= 11 is 0. The zero-order valence-corrected chi connectivity index (χ0v) is 14.5. The molecule has 1 unspecified atom stereocenters. The number of hydrogen-bond donors (Lipinski definition) is 1. The quantitative estimate of drug-likeness (QED) is 0.763. The predicted octanol–water partition coefficient (Wildman–Crippen LogP) is 2.88. The van der Waals surface area contributed by atoms with Crippen LogP contribution in [0.15, 0.2) is 34.9 Å². The van der Waals surface area contributed by atoms with Crippen LogP contribution < -0.4 is 0 Å². The van der Waals surface area contributed by atoms with Crippen molar-refractivity contribution in [1.29, 1.82) is 0 Å². The highest BCUT2D eigenvalue weighted by Gasteiger charge is 2.33. The van der Waals surface area contributed by atoms with Crippen molar-refractivity contribution in [2.45, 2.75) is 13.3 Å². The number of aryl methyl sites for hydroxylation is 1. The fourth-order valence-electron chi connectivity index (χ4n) is 3.35. The molecule has 0 bridgehead atoms. The third-order valence-corrected chi connectivity index (χ3v) is 4.81. The Morgan fingerprint density at radius 1 is 1.30 bits per heavy atom. The minimum Gasteiger partial charge on any atom is -0.481 e. The fraction of sp³-hybridized carbons (Fsp3) is 0.263. The van der Waals surface area contributed by atoms with Crippen LogP contribution in [0.4, 0.5) is 4.39 Å². The normalized spacial score (nSPS) is 16.8. The van der Waals surface area contributed by atoms with Gasteiger partial charge < -0.3 is 14.5 Å². The lowest BCUT2D eigenvalue weighted by Crippen LogP contribution is -2.30. The molecule has 1 N–H and O–H groups in total. The summed E-state index contributed by atoms with van der Waals surface area (Å²) in [5.41, 5.74) is 2.18. The van der Waals surface area contributed by atoms with Gasteiger partial charge in [-0.3, -0.25) is 9.59 Å².